The Kier molecular flexibility index (Phi) is 2.82. The highest BCUT2D eigenvalue weighted by atomic mass is 16.3. The van der Waals surface area contributed by atoms with Crippen LogP contribution < -0.4 is 9.47 Å². The number of likely N-dealkylation sites (N-methyl/N-ethyl adjacent to an activating group) is 1. The van der Waals surface area contributed by atoms with E-state index in [0.717, 1.165) is 16.9 Å². The van der Waals surface area contributed by atoms with E-state index in [2.05, 4.69) is 41.2 Å². The van der Waals surface area contributed by atoms with Gasteiger partial charge in [0.25, 0.3) is 0 Å². The minimum atomic E-state index is 0.614. The number of benzene rings is 1. The van der Waals surface area contributed by atoms with E-state index in [0.29, 0.717) is 5.89 Å². The molecule has 3 aromatic rings. The topological polar surface area (TPSA) is 33.2 Å². The Morgan fingerprint density at radius 2 is 2.00 bits per heavy atom. The van der Waals surface area contributed by atoms with E-state index in [1.807, 2.05) is 48.2 Å². The molecule has 4 rings (SSSR count). The molecule has 1 aromatic carbocycles. The van der Waals surface area contributed by atoms with Crippen LogP contribution in [0.15, 0.2) is 58.8 Å². The maximum Gasteiger partial charge on any atom is 0.370 e. The number of fused-ring (bicyclic) bond motifs is 2. The Morgan fingerprint density at radius 1 is 1.14 bits per heavy atom. The van der Waals surface area contributed by atoms with Gasteiger partial charge in [0.1, 0.15) is 0 Å². The van der Waals surface area contributed by atoms with Gasteiger partial charge in [0.2, 0.25) is 5.58 Å². The molecule has 2 aromatic heterocycles. The van der Waals surface area contributed by atoms with Gasteiger partial charge in [-0.1, -0.05) is 24.3 Å². The molecule has 0 radical (unpaired) electrons. The summed E-state index contributed by atoms with van der Waals surface area (Å²) in [5, 5.41) is 0. The molecular formula is C18H16N3O+. The van der Waals surface area contributed by atoms with Crippen molar-refractivity contribution in [3.63, 3.8) is 0 Å². The molecule has 0 N–H and O–H groups in total. The molecule has 3 heterocycles. The van der Waals surface area contributed by atoms with Crippen molar-refractivity contribution in [3.8, 4) is 0 Å². The van der Waals surface area contributed by atoms with Gasteiger partial charge in [-0.05, 0) is 29.8 Å². The number of oxazole rings is 1. The molecular weight excluding hydrogens is 274 g/mol. The van der Waals surface area contributed by atoms with E-state index in [1.54, 1.807) is 0 Å². The van der Waals surface area contributed by atoms with Gasteiger partial charge in [0, 0.05) is 23.4 Å². The zero-order valence-corrected chi connectivity index (χ0v) is 12.5. The molecule has 0 amide bonds. The van der Waals surface area contributed by atoms with Gasteiger partial charge in [-0.3, -0.25) is 0 Å². The first-order valence-corrected chi connectivity index (χ1v) is 7.20. The normalized spacial score (nSPS) is 15.5. The summed E-state index contributed by atoms with van der Waals surface area (Å²) in [5.74, 6) is 0.614. The van der Waals surface area contributed by atoms with Crippen molar-refractivity contribution in [2.45, 2.75) is 0 Å². The summed E-state index contributed by atoms with van der Waals surface area (Å²) in [5.41, 5.74) is 5.08. The van der Waals surface area contributed by atoms with Gasteiger partial charge in [0.05, 0.1) is 19.3 Å². The Morgan fingerprint density at radius 3 is 2.86 bits per heavy atom. The summed E-state index contributed by atoms with van der Waals surface area (Å²) in [6.07, 6.45) is 8.12. The molecule has 0 saturated heterocycles. The zero-order valence-electron chi connectivity index (χ0n) is 12.5. The number of pyridine rings is 1. The van der Waals surface area contributed by atoms with Gasteiger partial charge >= 0.3 is 11.5 Å². The van der Waals surface area contributed by atoms with E-state index in [9.17, 15) is 0 Å². The first-order valence-electron chi connectivity index (χ1n) is 7.20. The van der Waals surface area contributed by atoms with Crippen molar-refractivity contribution in [1.29, 1.82) is 0 Å². The minimum Gasteiger partial charge on any atom is -0.411 e. The summed E-state index contributed by atoms with van der Waals surface area (Å²) in [4.78, 5) is 6.70. The fourth-order valence-electron chi connectivity index (χ4n) is 2.73. The summed E-state index contributed by atoms with van der Waals surface area (Å²) < 4.78 is 7.77. The lowest BCUT2D eigenvalue weighted by Gasteiger charge is -2.25. The Bertz CT molecular complexity index is 921. The van der Waals surface area contributed by atoms with Crippen molar-refractivity contribution >= 4 is 29.1 Å². The first-order chi connectivity index (χ1) is 10.7. The van der Waals surface area contributed by atoms with Gasteiger partial charge < -0.3 is 9.32 Å². The van der Waals surface area contributed by atoms with E-state index in [4.69, 9.17) is 4.42 Å². The highest BCUT2D eigenvalue weighted by Gasteiger charge is 2.18. The monoisotopic (exact) mass is 290 g/mol. The third kappa shape index (κ3) is 2.00. The Balaban J connectivity index is 1.78. The average Bonchev–Trinajstić information content (AvgIpc) is 2.95. The first kappa shape index (κ1) is 12.8. The van der Waals surface area contributed by atoms with E-state index < -0.39 is 0 Å². The number of para-hydroxylation sites is 1. The van der Waals surface area contributed by atoms with Crippen LogP contribution in [0.3, 0.4) is 0 Å². The number of hydrogen-bond donors (Lipinski definition) is 0. The SMILES string of the molecule is CN1/C(=C/c2nc3c(ccc[n+]3C)o2)C=Cc2ccccc21. The fraction of sp³-hybridized carbons (Fsp3) is 0.111. The lowest BCUT2D eigenvalue weighted by atomic mass is 10.1. The predicted octanol–water partition coefficient (Wildman–Crippen LogP) is 3.16. The third-order valence-electron chi connectivity index (χ3n) is 3.93. The van der Waals surface area contributed by atoms with Gasteiger partial charge in [-0.25, -0.2) is 4.57 Å². The molecule has 0 spiro atoms. The van der Waals surface area contributed by atoms with Crippen LogP contribution in [0.4, 0.5) is 5.69 Å². The molecule has 4 heteroatoms. The standard InChI is InChI=1S/C18H16N3O/c1-20-11-5-8-16-18(20)19-17(22-16)12-14-10-9-13-6-3-4-7-15(13)21(14)2/h3-12H,1-2H3/q+1. The smallest absolute Gasteiger partial charge is 0.370 e. The van der Waals surface area contributed by atoms with Crippen molar-refractivity contribution in [2.24, 2.45) is 7.05 Å². The average molecular weight is 290 g/mol. The lowest BCUT2D eigenvalue weighted by Crippen LogP contribution is -2.28. The number of allylic oxidation sites excluding steroid dienone is 1. The van der Waals surface area contributed by atoms with Gasteiger partial charge in [-0.15, -0.1) is 0 Å². The number of nitrogens with zero attached hydrogens (tertiary/aromatic N) is 3. The number of aryl methyl sites for hydroxylation is 1. The highest BCUT2D eigenvalue weighted by molar-refractivity contribution is 5.79. The molecule has 4 nitrogen and oxygen atoms in total. The minimum absolute atomic E-state index is 0.614. The zero-order chi connectivity index (χ0) is 15.1. The van der Waals surface area contributed by atoms with Crippen LogP contribution in [0.5, 0.6) is 0 Å². The molecule has 108 valence electrons. The van der Waals surface area contributed by atoms with Crippen LogP contribution in [-0.4, -0.2) is 12.0 Å². The molecule has 22 heavy (non-hydrogen) atoms. The number of aromatic nitrogens is 2. The van der Waals surface area contributed by atoms with Crippen LogP contribution in [0.2, 0.25) is 0 Å². The van der Waals surface area contributed by atoms with Crippen LogP contribution >= 0.6 is 0 Å². The third-order valence-corrected chi connectivity index (χ3v) is 3.93. The lowest BCUT2D eigenvalue weighted by molar-refractivity contribution is -0.646. The maximum absolute atomic E-state index is 5.82. The van der Waals surface area contributed by atoms with E-state index in [-0.39, 0.29) is 0 Å². The second-order valence-electron chi connectivity index (χ2n) is 5.38. The summed E-state index contributed by atoms with van der Waals surface area (Å²) >= 11 is 0. The molecule has 0 aliphatic carbocycles. The number of rotatable bonds is 1. The quantitative estimate of drug-likeness (QED) is 0.645. The van der Waals surface area contributed by atoms with Crippen molar-refractivity contribution < 1.29 is 8.98 Å². The molecule has 0 atom stereocenters. The maximum atomic E-state index is 5.82. The van der Waals surface area contributed by atoms with E-state index >= 15 is 0 Å². The summed E-state index contributed by atoms with van der Waals surface area (Å²) in [6, 6.07) is 12.2. The fourth-order valence-corrected chi connectivity index (χ4v) is 2.73. The van der Waals surface area contributed by atoms with Gasteiger partial charge in [-0.2, -0.15) is 0 Å². The van der Waals surface area contributed by atoms with Crippen molar-refractivity contribution in [3.05, 3.63) is 65.8 Å². The van der Waals surface area contributed by atoms with Crippen molar-refractivity contribution in [2.75, 3.05) is 11.9 Å². The molecule has 1 aliphatic rings. The second kappa shape index (κ2) is 4.84. The largest absolute Gasteiger partial charge is 0.411 e. The number of hydrogen-bond acceptors (Lipinski definition) is 3. The molecule has 0 fully saturated rings. The summed E-state index contributed by atoms with van der Waals surface area (Å²) in [6.45, 7) is 0. The highest BCUT2D eigenvalue weighted by Crippen LogP contribution is 2.30. The molecule has 0 unspecified atom stereocenters. The van der Waals surface area contributed by atoms with E-state index in [1.165, 1.54) is 11.3 Å². The number of anilines is 1. The Hall–Kier alpha value is -2.88. The second-order valence-corrected chi connectivity index (χ2v) is 5.38. The molecule has 1 aliphatic heterocycles. The van der Waals surface area contributed by atoms with Crippen LogP contribution in [0.1, 0.15) is 11.5 Å². The molecule has 0 bridgehead atoms. The van der Waals surface area contributed by atoms with Gasteiger partial charge in [0.15, 0.2) is 0 Å². The molecule has 0 saturated carbocycles. The van der Waals surface area contributed by atoms with Crippen LogP contribution in [-0.2, 0) is 7.05 Å². The summed E-state index contributed by atoms with van der Waals surface area (Å²) in [7, 11) is 4.02. The Labute approximate surface area is 128 Å². The predicted molar refractivity (Wildman–Crippen MR) is 87.0 cm³/mol. The van der Waals surface area contributed by atoms with Crippen molar-refractivity contribution in [1.82, 2.24) is 4.98 Å². The van der Waals surface area contributed by atoms with Crippen LogP contribution in [0.25, 0.3) is 23.4 Å². The van der Waals surface area contributed by atoms with Crippen LogP contribution in [0, 0.1) is 0 Å².